The number of hydrogen-bond acceptors (Lipinski definition) is 3. The Labute approximate surface area is 98.9 Å². The summed E-state index contributed by atoms with van der Waals surface area (Å²) in [5.74, 6) is 0.380. The fraction of sp³-hybridized carbons (Fsp3) is 0.923. The van der Waals surface area contributed by atoms with E-state index in [2.05, 4.69) is 12.2 Å². The fourth-order valence-electron chi connectivity index (χ4n) is 2.13. The summed E-state index contributed by atoms with van der Waals surface area (Å²) in [7, 11) is 0. The maximum Gasteiger partial charge on any atom is 0.311 e. The average Bonchev–Trinajstić information content (AvgIpc) is 2.30. The summed E-state index contributed by atoms with van der Waals surface area (Å²) in [5, 5.41) is 3.36. The minimum absolute atomic E-state index is 0.0327. The Morgan fingerprint density at radius 1 is 1.50 bits per heavy atom. The summed E-state index contributed by atoms with van der Waals surface area (Å²) in [4.78, 5) is 12.0. The number of carbonyl (C=O) groups excluding carboxylic acids is 1. The molecule has 0 saturated carbocycles. The molecule has 0 bridgehead atoms. The Bertz CT molecular complexity index is 220. The van der Waals surface area contributed by atoms with Gasteiger partial charge in [0.2, 0.25) is 0 Å². The first-order valence-electron chi connectivity index (χ1n) is 6.47. The van der Waals surface area contributed by atoms with E-state index in [0.717, 1.165) is 38.8 Å². The van der Waals surface area contributed by atoms with Crippen molar-refractivity contribution in [2.75, 3.05) is 19.7 Å². The van der Waals surface area contributed by atoms with Crippen molar-refractivity contribution >= 4 is 5.97 Å². The van der Waals surface area contributed by atoms with E-state index in [1.54, 1.807) is 0 Å². The van der Waals surface area contributed by atoms with Crippen LogP contribution in [0, 0.1) is 11.3 Å². The van der Waals surface area contributed by atoms with Crippen LogP contribution in [0.15, 0.2) is 0 Å². The van der Waals surface area contributed by atoms with Gasteiger partial charge in [0.25, 0.3) is 0 Å². The number of ether oxygens (including phenoxy) is 1. The van der Waals surface area contributed by atoms with Gasteiger partial charge < -0.3 is 10.1 Å². The summed E-state index contributed by atoms with van der Waals surface area (Å²) in [5.41, 5.74) is -0.346. The molecule has 0 amide bonds. The van der Waals surface area contributed by atoms with Crippen LogP contribution in [0.1, 0.15) is 46.5 Å². The Hall–Kier alpha value is -0.570. The topological polar surface area (TPSA) is 38.3 Å². The molecule has 1 aliphatic heterocycles. The molecule has 1 atom stereocenters. The van der Waals surface area contributed by atoms with Crippen molar-refractivity contribution in [3.63, 3.8) is 0 Å². The molecule has 1 heterocycles. The van der Waals surface area contributed by atoms with Crippen molar-refractivity contribution in [3.8, 4) is 0 Å². The van der Waals surface area contributed by atoms with Gasteiger partial charge in [-0.2, -0.15) is 0 Å². The molecule has 0 radical (unpaired) electrons. The van der Waals surface area contributed by atoms with Crippen LogP contribution in [-0.2, 0) is 9.53 Å². The lowest BCUT2D eigenvalue weighted by atomic mass is 9.75. The maximum absolute atomic E-state index is 12.0. The third-order valence-electron chi connectivity index (χ3n) is 3.57. The SMILES string of the molecule is CCCCOC(=O)C(C)(C)C1CCCNC1. The van der Waals surface area contributed by atoms with Crippen LogP contribution in [0.2, 0.25) is 0 Å². The summed E-state index contributed by atoms with van der Waals surface area (Å²) < 4.78 is 5.33. The molecular formula is C13H25NO2. The second kappa shape index (κ2) is 6.24. The predicted molar refractivity (Wildman–Crippen MR) is 65.2 cm³/mol. The lowest BCUT2D eigenvalue weighted by molar-refractivity contribution is -0.157. The number of carbonyl (C=O) groups is 1. The van der Waals surface area contributed by atoms with Gasteiger partial charge in [-0.15, -0.1) is 0 Å². The van der Waals surface area contributed by atoms with Gasteiger partial charge in [-0.3, -0.25) is 4.79 Å². The first kappa shape index (κ1) is 13.5. The Kier molecular flexibility index (Phi) is 5.26. The number of nitrogens with one attached hydrogen (secondary N) is 1. The molecule has 0 aromatic rings. The third kappa shape index (κ3) is 3.48. The van der Waals surface area contributed by atoms with Crippen molar-refractivity contribution < 1.29 is 9.53 Å². The fourth-order valence-corrected chi connectivity index (χ4v) is 2.13. The van der Waals surface area contributed by atoms with E-state index >= 15 is 0 Å². The van der Waals surface area contributed by atoms with Gasteiger partial charge in [0.05, 0.1) is 12.0 Å². The third-order valence-corrected chi connectivity index (χ3v) is 3.57. The van der Waals surface area contributed by atoms with Gasteiger partial charge in [0.15, 0.2) is 0 Å². The molecule has 1 aliphatic rings. The molecule has 1 unspecified atom stereocenters. The smallest absolute Gasteiger partial charge is 0.311 e. The van der Waals surface area contributed by atoms with E-state index in [0.29, 0.717) is 12.5 Å². The molecular weight excluding hydrogens is 202 g/mol. The number of rotatable bonds is 5. The zero-order valence-corrected chi connectivity index (χ0v) is 10.8. The van der Waals surface area contributed by atoms with Crippen LogP contribution in [-0.4, -0.2) is 25.7 Å². The summed E-state index contributed by atoms with van der Waals surface area (Å²) in [6.45, 7) is 8.72. The van der Waals surface area contributed by atoms with Crippen LogP contribution >= 0.6 is 0 Å². The maximum atomic E-state index is 12.0. The highest BCUT2D eigenvalue weighted by Gasteiger charge is 2.38. The van der Waals surface area contributed by atoms with Gasteiger partial charge in [-0.1, -0.05) is 13.3 Å². The van der Waals surface area contributed by atoms with Crippen molar-refractivity contribution in [2.24, 2.45) is 11.3 Å². The minimum atomic E-state index is -0.346. The van der Waals surface area contributed by atoms with E-state index < -0.39 is 0 Å². The summed E-state index contributed by atoms with van der Waals surface area (Å²) in [6, 6.07) is 0. The van der Waals surface area contributed by atoms with Gasteiger partial charge in [0, 0.05) is 0 Å². The second-order valence-electron chi connectivity index (χ2n) is 5.25. The van der Waals surface area contributed by atoms with Gasteiger partial charge in [-0.25, -0.2) is 0 Å². The van der Waals surface area contributed by atoms with Crippen LogP contribution in [0.5, 0.6) is 0 Å². The molecule has 1 fully saturated rings. The Morgan fingerprint density at radius 3 is 2.81 bits per heavy atom. The molecule has 0 aromatic carbocycles. The standard InChI is InChI=1S/C13H25NO2/c1-4-5-9-16-12(15)13(2,3)11-7-6-8-14-10-11/h11,14H,4-10H2,1-3H3. The monoisotopic (exact) mass is 227 g/mol. The van der Waals surface area contributed by atoms with Gasteiger partial charge in [-0.05, 0) is 52.1 Å². The molecule has 0 aromatic heterocycles. The predicted octanol–water partition coefficient (Wildman–Crippen LogP) is 2.36. The molecule has 3 heteroatoms. The molecule has 3 nitrogen and oxygen atoms in total. The molecule has 0 spiro atoms. The average molecular weight is 227 g/mol. The quantitative estimate of drug-likeness (QED) is 0.579. The normalized spacial score (nSPS) is 21.8. The highest BCUT2D eigenvalue weighted by Crippen LogP contribution is 2.32. The van der Waals surface area contributed by atoms with Crippen LogP contribution in [0.3, 0.4) is 0 Å². The van der Waals surface area contributed by atoms with Crippen molar-refractivity contribution in [3.05, 3.63) is 0 Å². The van der Waals surface area contributed by atoms with Crippen molar-refractivity contribution in [2.45, 2.75) is 46.5 Å². The number of hydrogen-bond donors (Lipinski definition) is 1. The first-order chi connectivity index (χ1) is 7.59. The zero-order chi connectivity index (χ0) is 12.0. The second-order valence-corrected chi connectivity index (χ2v) is 5.25. The molecule has 1 rings (SSSR count). The molecule has 1 saturated heterocycles. The molecule has 1 N–H and O–H groups in total. The van der Waals surface area contributed by atoms with Crippen molar-refractivity contribution in [1.82, 2.24) is 5.32 Å². The molecule has 0 aliphatic carbocycles. The Balaban J connectivity index is 2.43. The number of piperidine rings is 1. The minimum Gasteiger partial charge on any atom is -0.465 e. The Morgan fingerprint density at radius 2 is 2.25 bits per heavy atom. The van der Waals surface area contributed by atoms with Crippen LogP contribution < -0.4 is 5.32 Å². The van der Waals surface area contributed by atoms with E-state index in [1.165, 1.54) is 0 Å². The van der Waals surface area contributed by atoms with Crippen molar-refractivity contribution in [1.29, 1.82) is 0 Å². The van der Waals surface area contributed by atoms with Gasteiger partial charge in [0.1, 0.15) is 0 Å². The van der Waals surface area contributed by atoms with Crippen LogP contribution in [0.25, 0.3) is 0 Å². The lowest BCUT2D eigenvalue weighted by Gasteiger charge is -2.35. The highest BCUT2D eigenvalue weighted by molar-refractivity contribution is 5.76. The van der Waals surface area contributed by atoms with E-state index in [9.17, 15) is 4.79 Å². The van der Waals surface area contributed by atoms with E-state index in [-0.39, 0.29) is 11.4 Å². The molecule has 94 valence electrons. The summed E-state index contributed by atoms with van der Waals surface area (Å²) in [6.07, 6.45) is 4.32. The largest absolute Gasteiger partial charge is 0.465 e. The number of unbranched alkanes of at least 4 members (excludes halogenated alkanes) is 1. The van der Waals surface area contributed by atoms with E-state index in [1.807, 2.05) is 13.8 Å². The first-order valence-corrected chi connectivity index (χ1v) is 6.47. The van der Waals surface area contributed by atoms with Gasteiger partial charge >= 0.3 is 5.97 Å². The number of esters is 1. The summed E-state index contributed by atoms with van der Waals surface area (Å²) >= 11 is 0. The van der Waals surface area contributed by atoms with Crippen LogP contribution in [0.4, 0.5) is 0 Å². The highest BCUT2D eigenvalue weighted by atomic mass is 16.5. The molecule has 16 heavy (non-hydrogen) atoms. The van der Waals surface area contributed by atoms with E-state index in [4.69, 9.17) is 4.74 Å². The lowest BCUT2D eigenvalue weighted by Crippen LogP contribution is -2.43. The zero-order valence-electron chi connectivity index (χ0n) is 10.8.